The highest BCUT2D eigenvalue weighted by atomic mass is 16.5. The van der Waals surface area contributed by atoms with Crippen molar-refractivity contribution in [3.05, 3.63) is 78.9 Å². The number of phenolic OH excluding ortho intramolecular Hbond substituents is 3. The molecular weight excluding hydrogens is 380 g/mol. The van der Waals surface area contributed by atoms with Crippen LogP contribution in [0.3, 0.4) is 0 Å². The molecular formula is C25H22O5. The molecule has 0 saturated carbocycles. The molecule has 3 aromatic carbocycles. The Bertz CT molecular complexity index is 1140. The monoisotopic (exact) mass is 402 g/mol. The lowest BCUT2D eigenvalue weighted by Gasteiger charge is -2.16. The van der Waals surface area contributed by atoms with Gasteiger partial charge in [0.15, 0.2) is 23.0 Å². The van der Waals surface area contributed by atoms with E-state index in [4.69, 9.17) is 9.47 Å². The number of phenols is 3. The van der Waals surface area contributed by atoms with Crippen LogP contribution < -0.4 is 9.47 Å². The minimum absolute atomic E-state index is 0.0867. The minimum Gasteiger partial charge on any atom is -0.508 e. The number of ether oxygens (including phenoxy) is 2. The summed E-state index contributed by atoms with van der Waals surface area (Å²) < 4.78 is 11.0. The summed E-state index contributed by atoms with van der Waals surface area (Å²) in [6, 6.07) is 11.2. The van der Waals surface area contributed by atoms with E-state index >= 15 is 0 Å². The highest BCUT2D eigenvalue weighted by Crippen LogP contribution is 2.44. The Morgan fingerprint density at radius 2 is 1.40 bits per heavy atom. The first-order chi connectivity index (χ1) is 14.4. The van der Waals surface area contributed by atoms with Crippen molar-refractivity contribution in [3.8, 4) is 45.6 Å². The van der Waals surface area contributed by atoms with E-state index in [0.29, 0.717) is 22.3 Å². The van der Waals surface area contributed by atoms with Crippen molar-refractivity contribution in [2.75, 3.05) is 7.11 Å². The summed E-state index contributed by atoms with van der Waals surface area (Å²) >= 11 is 0. The molecule has 0 aliphatic rings. The van der Waals surface area contributed by atoms with Gasteiger partial charge in [-0.3, -0.25) is 0 Å². The van der Waals surface area contributed by atoms with Crippen LogP contribution >= 0.6 is 0 Å². The van der Waals surface area contributed by atoms with Crippen LogP contribution in [0, 0.1) is 0 Å². The molecule has 3 N–H and O–H groups in total. The summed E-state index contributed by atoms with van der Waals surface area (Å²) in [6.45, 7) is 11.3. The number of hydrogen-bond acceptors (Lipinski definition) is 5. The van der Waals surface area contributed by atoms with Crippen LogP contribution in [0.4, 0.5) is 0 Å². The topological polar surface area (TPSA) is 79.2 Å². The van der Waals surface area contributed by atoms with Gasteiger partial charge in [-0.25, -0.2) is 0 Å². The highest BCUT2D eigenvalue weighted by Gasteiger charge is 2.17. The Balaban J connectivity index is 2.13. The third-order valence-corrected chi connectivity index (χ3v) is 4.64. The summed E-state index contributed by atoms with van der Waals surface area (Å²) in [5, 5.41) is 30.9. The Morgan fingerprint density at radius 3 is 2.03 bits per heavy atom. The highest BCUT2D eigenvalue weighted by molar-refractivity contribution is 5.84. The van der Waals surface area contributed by atoms with Crippen molar-refractivity contribution in [1.82, 2.24) is 0 Å². The van der Waals surface area contributed by atoms with Crippen molar-refractivity contribution in [3.63, 3.8) is 0 Å². The zero-order valence-corrected chi connectivity index (χ0v) is 16.6. The molecule has 0 spiro atoms. The average Bonchev–Trinajstić information content (AvgIpc) is 2.76. The number of hydrogen-bond donors (Lipinski definition) is 3. The van der Waals surface area contributed by atoms with Crippen LogP contribution in [0.2, 0.25) is 0 Å². The minimum atomic E-state index is -0.200. The maximum absolute atomic E-state index is 10.6. The van der Waals surface area contributed by atoms with E-state index in [1.54, 1.807) is 54.6 Å². The summed E-state index contributed by atoms with van der Waals surface area (Å²) in [6.07, 6.45) is 4.86. The zero-order valence-electron chi connectivity index (χ0n) is 16.6. The molecule has 0 radical (unpaired) electrons. The summed E-state index contributed by atoms with van der Waals surface area (Å²) in [4.78, 5) is 0. The summed E-state index contributed by atoms with van der Waals surface area (Å²) in [7, 11) is 1.43. The van der Waals surface area contributed by atoms with Gasteiger partial charge in [-0.15, -0.1) is 0 Å². The predicted molar refractivity (Wildman–Crippen MR) is 120 cm³/mol. The Labute approximate surface area is 175 Å². The van der Waals surface area contributed by atoms with Gasteiger partial charge in [-0.05, 0) is 64.2 Å². The fraction of sp³-hybridized carbons (Fsp3) is 0.0400. The second-order valence-electron chi connectivity index (χ2n) is 6.46. The summed E-state index contributed by atoms with van der Waals surface area (Å²) in [5.74, 6) is 0.172. The third kappa shape index (κ3) is 3.86. The second-order valence-corrected chi connectivity index (χ2v) is 6.46. The van der Waals surface area contributed by atoms with Gasteiger partial charge in [0.2, 0.25) is 5.75 Å². The lowest BCUT2D eigenvalue weighted by atomic mass is 9.94. The van der Waals surface area contributed by atoms with E-state index in [-0.39, 0.29) is 34.5 Å². The molecule has 5 heteroatoms. The fourth-order valence-corrected chi connectivity index (χ4v) is 3.10. The van der Waals surface area contributed by atoms with Crippen LogP contribution in [0.15, 0.2) is 62.2 Å². The molecule has 30 heavy (non-hydrogen) atoms. The average molecular weight is 402 g/mol. The van der Waals surface area contributed by atoms with Gasteiger partial charge in [0, 0.05) is 0 Å². The van der Waals surface area contributed by atoms with Crippen molar-refractivity contribution in [1.29, 1.82) is 0 Å². The molecule has 5 nitrogen and oxygen atoms in total. The normalized spacial score (nSPS) is 10.3. The first-order valence-corrected chi connectivity index (χ1v) is 9.08. The summed E-state index contributed by atoms with van der Waals surface area (Å²) in [5.41, 5.74) is 3.44. The molecule has 0 aliphatic heterocycles. The van der Waals surface area contributed by atoms with Crippen LogP contribution in [0.5, 0.6) is 34.5 Å². The molecule has 0 atom stereocenters. The Hall–Kier alpha value is -4.12. The Kier molecular flexibility index (Phi) is 5.83. The van der Waals surface area contributed by atoms with Crippen LogP contribution in [0.25, 0.3) is 29.4 Å². The molecule has 0 unspecified atom stereocenters. The van der Waals surface area contributed by atoms with Crippen molar-refractivity contribution >= 4 is 18.2 Å². The van der Waals surface area contributed by atoms with Gasteiger partial charge in [0.1, 0.15) is 5.75 Å². The fourth-order valence-electron chi connectivity index (χ4n) is 3.10. The van der Waals surface area contributed by atoms with E-state index in [1.165, 1.54) is 13.2 Å². The molecule has 0 aromatic heterocycles. The quantitative estimate of drug-likeness (QED) is 0.438. The van der Waals surface area contributed by atoms with E-state index in [9.17, 15) is 15.3 Å². The molecule has 0 fully saturated rings. The van der Waals surface area contributed by atoms with Crippen molar-refractivity contribution in [2.45, 2.75) is 0 Å². The molecule has 152 valence electrons. The van der Waals surface area contributed by atoms with Gasteiger partial charge in [0.25, 0.3) is 0 Å². The zero-order chi connectivity index (χ0) is 21.8. The van der Waals surface area contributed by atoms with Gasteiger partial charge in [0.05, 0.1) is 7.11 Å². The van der Waals surface area contributed by atoms with Crippen molar-refractivity contribution in [2.24, 2.45) is 0 Å². The standard InChI is InChI=1S/C25H22O5/c1-5-15-10-23(29-4)25(28)24(11-15)30-22-12-17(7-3)20(14-21(22)27)19-13-18(26)9-8-16(19)6-2/h5-14,26-28H,1-3H2,4H3. The molecule has 0 heterocycles. The first kappa shape index (κ1) is 20.6. The van der Waals surface area contributed by atoms with Crippen LogP contribution in [0.1, 0.15) is 16.7 Å². The van der Waals surface area contributed by atoms with E-state index in [1.807, 2.05) is 0 Å². The molecule has 3 aromatic rings. The van der Waals surface area contributed by atoms with Gasteiger partial charge in [-0.2, -0.15) is 0 Å². The Morgan fingerprint density at radius 1 is 0.733 bits per heavy atom. The van der Waals surface area contributed by atoms with Crippen LogP contribution in [-0.4, -0.2) is 22.4 Å². The second kappa shape index (κ2) is 8.49. The van der Waals surface area contributed by atoms with Gasteiger partial charge >= 0.3 is 0 Å². The SMILES string of the molecule is C=Cc1cc(OC)c(O)c(Oc2cc(C=C)c(-c3cc(O)ccc3C=C)cc2O)c1. The molecule has 0 saturated heterocycles. The predicted octanol–water partition coefficient (Wildman–Crippen LogP) is 6.20. The maximum atomic E-state index is 10.6. The molecule has 0 aliphatic carbocycles. The lowest BCUT2D eigenvalue weighted by molar-refractivity contribution is 0.348. The van der Waals surface area contributed by atoms with E-state index in [2.05, 4.69) is 19.7 Å². The van der Waals surface area contributed by atoms with E-state index < -0.39 is 0 Å². The van der Waals surface area contributed by atoms with Gasteiger partial charge in [-0.1, -0.05) is 44.0 Å². The number of methoxy groups -OCH3 is 1. The molecule has 0 bridgehead atoms. The smallest absolute Gasteiger partial charge is 0.201 e. The maximum Gasteiger partial charge on any atom is 0.201 e. The lowest BCUT2D eigenvalue weighted by Crippen LogP contribution is -1.93. The van der Waals surface area contributed by atoms with Crippen LogP contribution in [-0.2, 0) is 0 Å². The number of rotatable bonds is 7. The number of benzene rings is 3. The number of aromatic hydroxyl groups is 3. The van der Waals surface area contributed by atoms with Gasteiger partial charge < -0.3 is 24.8 Å². The molecule has 0 amide bonds. The largest absolute Gasteiger partial charge is 0.508 e. The first-order valence-electron chi connectivity index (χ1n) is 9.08. The third-order valence-electron chi connectivity index (χ3n) is 4.64. The van der Waals surface area contributed by atoms with Crippen molar-refractivity contribution < 1.29 is 24.8 Å². The van der Waals surface area contributed by atoms with E-state index in [0.717, 1.165) is 5.56 Å². The molecule has 3 rings (SSSR count).